The van der Waals surface area contributed by atoms with Gasteiger partial charge in [0.2, 0.25) is 0 Å². The SMILES string of the molecule is CC[C@H]1CC[C@H](c2ccc(CCOC(F)(F)c3ccc([C@H]4CC[C@H](CC)CC4)cc3F)cc2)CC1. The summed E-state index contributed by atoms with van der Waals surface area (Å²) in [4.78, 5) is 0. The van der Waals surface area contributed by atoms with Crippen molar-refractivity contribution in [2.45, 2.75) is 102 Å². The average molecular weight is 487 g/mol. The molecular formula is C31H41F3O. The van der Waals surface area contributed by atoms with E-state index in [2.05, 4.69) is 26.0 Å². The van der Waals surface area contributed by atoms with Crippen LogP contribution in [0.15, 0.2) is 42.5 Å². The number of hydrogen-bond donors (Lipinski definition) is 0. The van der Waals surface area contributed by atoms with Crippen LogP contribution in [0.4, 0.5) is 13.2 Å². The summed E-state index contributed by atoms with van der Waals surface area (Å²) in [6.45, 7) is 4.32. The highest BCUT2D eigenvalue weighted by atomic mass is 19.3. The van der Waals surface area contributed by atoms with E-state index in [0.29, 0.717) is 12.3 Å². The number of alkyl halides is 2. The maximum Gasteiger partial charge on any atom is 0.386 e. The maximum absolute atomic E-state index is 14.7. The molecule has 0 aliphatic heterocycles. The molecule has 4 rings (SSSR count). The van der Waals surface area contributed by atoms with E-state index in [9.17, 15) is 13.2 Å². The molecule has 4 heteroatoms. The molecule has 2 aromatic carbocycles. The molecule has 0 aromatic heterocycles. The predicted molar refractivity (Wildman–Crippen MR) is 136 cm³/mol. The van der Waals surface area contributed by atoms with Gasteiger partial charge in [-0.25, -0.2) is 4.39 Å². The van der Waals surface area contributed by atoms with Gasteiger partial charge in [0.25, 0.3) is 0 Å². The van der Waals surface area contributed by atoms with Crippen molar-refractivity contribution in [3.05, 3.63) is 70.5 Å². The fourth-order valence-electron chi connectivity index (χ4n) is 6.16. The van der Waals surface area contributed by atoms with E-state index in [1.807, 2.05) is 12.1 Å². The molecule has 0 N–H and O–H groups in total. The van der Waals surface area contributed by atoms with Gasteiger partial charge in [-0.05, 0) is 110 Å². The first-order valence-electron chi connectivity index (χ1n) is 13.8. The first-order valence-corrected chi connectivity index (χ1v) is 13.8. The fraction of sp³-hybridized carbons (Fsp3) is 0.613. The van der Waals surface area contributed by atoms with E-state index in [0.717, 1.165) is 48.6 Å². The van der Waals surface area contributed by atoms with E-state index in [4.69, 9.17) is 4.74 Å². The molecule has 2 fully saturated rings. The largest absolute Gasteiger partial charge is 0.386 e. The number of ether oxygens (including phenoxy) is 1. The van der Waals surface area contributed by atoms with Crippen molar-refractivity contribution in [2.75, 3.05) is 6.61 Å². The van der Waals surface area contributed by atoms with Gasteiger partial charge in [-0.3, -0.25) is 0 Å². The number of rotatable bonds is 9. The smallest absolute Gasteiger partial charge is 0.316 e. The Balaban J connectivity index is 1.28. The van der Waals surface area contributed by atoms with Crippen LogP contribution in [0.3, 0.4) is 0 Å². The molecule has 0 heterocycles. The Morgan fingerprint density at radius 1 is 0.743 bits per heavy atom. The van der Waals surface area contributed by atoms with Crippen molar-refractivity contribution in [1.29, 1.82) is 0 Å². The summed E-state index contributed by atoms with van der Waals surface area (Å²) in [6, 6.07) is 12.5. The van der Waals surface area contributed by atoms with Crippen LogP contribution in [0.25, 0.3) is 0 Å². The number of benzene rings is 2. The van der Waals surface area contributed by atoms with Crippen molar-refractivity contribution in [3.8, 4) is 0 Å². The molecule has 35 heavy (non-hydrogen) atoms. The molecule has 2 saturated carbocycles. The second kappa shape index (κ2) is 12.0. The van der Waals surface area contributed by atoms with Crippen LogP contribution in [-0.4, -0.2) is 6.61 Å². The van der Waals surface area contributed by atoms with Gasteiger partial charge in [-0.1, -0.05) is 57.0 Å². The van der Waals surface area contributed by atoms with Crippen molar-refractivity contribution < 1.29 is 17.9 Å². The lowest BCUT2D eigenvalue weighted by Crippen LogP contribution is -2.22. The highest BCUT2D eigenvalue weighted by Gasteiger charge is 2.36. The van der Waals surface area contributed by atoms with Crippen molar-refractivity contribution >= 4 is 0 Å². The molecule has 0 atom stereocenters. The van der Waals surface area contributed by atoms with Gasteiger partial charge < -0.3 is 4.74 Å². The highest BCUT2D eigenvalue weighted by molar-refractivity contribution is 5.29. The molecule has 0 unspecified atom stereocenters. The highest BCUT2D eigenvalue weighted by Crippen LogP contribution is 2.40. The summed E-state index contributed by atoms with van der Waals surface area (Å²) >= 11 is 0. The topological polar surface area (TPSA) is 9.23 Å². The Bertz CT molecular complexity index is 923. The van der Waals surface area contributed by atoms with Crippen molar-refractivity contribution in [3.63, 3.8) is 0 Å². The molecule has 2 aromatic rings. The van der Waals surface area contributed by atoms with Gasteiger partial charge in [0.1, 0.15) is 5.82 Å². The minimum atomic E-state index is -3.64. The van der Waals surface area contributed by atoms with Crippen LogP contribution in [0.2, 0.25) is 0 Å². The van der Waals surface area contributed by atoms with Crippen LogP contribution in [0, 0.1) is 17.7 Å². The first-order chi connectivity index (χ1) is 16.9. The molecule has 192 valence electrons. The zero-order chi connectivity index (χ0) is 24.8. The Morgan fingerprint density at radius 2 is 1.26 bits per heavy atom. The first kappa shape index (κ1) is 26.3. The summed E-state index contributed by atoms with van der Waals surface area (Å²) in [7, 11) is 0. The summed E-state index contributed by atoms with van der Waals surface area (Å²) in [6.07, 6.45) is 8.50. The van der Waals surface area contributed by atoms with Gasteiger partial charge in [-0.2, -0.15) is 8.78 Å². The fourth-order valence-corrected chi connectivity index (χ4v) is 6.16. The predicted octanol–water partition coefficient (Wildman–Crippen LogP) is 9.50. The Labute approximate surface area is 209 Å². The van der Waals surface area contributed by atoms with Gasteiger partial charge in [0.15, 0.2) is 0 Å². The van der Waals surface area contributed by atoms with Crippen molar-refractivity contribution in [1.82, 2.24) is 0 Å². The van der Waals surface area contributed by atoms with Crippen LogP contribution in [0.1, 0.15) is 112 Å². The molecule has 0 saturated heterocycles. The Kier molecular flexibility index (Phi) is 8.97. The van der Waals surface area contributed by atoms with E-state index in [1.54, 1.807) is 6.07 Å². The molecule has 2 aliphatic rings. The van der Waals surface area contributed by atoms with Crippen LogP contribution in [-0.2, 0) is 17.3 Å². The third kappa shape index (κ3) is 6.70. The van der Waals surface area contributed by atoms with Crippen LogP contribution < -0.4 is 0 Å². The van der Waals surface area contributed by atoms with Gasteiger partial charge >= 0.3 is 6.11 Å². The normalized spacial score (nSPS) is 25.5. The molecular weight excluding hydrogens is 445 g/mol. The van der Waals surface area contributed by atoms with E-state index < -0.39 is 17.5 Å². The summed E-state index contributed by atoms with van der Waals surface area (Å²) in [5.41, 5.74) is 2.48. The standard InChI is InChI=1S/C31H41F3O/c1-3-22-5-11-25(12-6-22)26-15-9-24(10-16-26)19-20-35-31(33,34)29-18-17-28(21-30(29)32)27-13-7-23(4-2)8-14-27/h9-10,15-18,21-23,25,27H,3-8,11-14,19-20H2,1-2H3/t22-,23-,25-,27-. The molecule has 0 bridgehead atoms. The van der Waals surface area contributed by atoms with Gasteiger partial charge in [-0.15, -0.1) is 0 Å². The van der Waals surface area contributed by atoms with Crippen LogP contribution in [0.5, 0.6) is 0 Å². The Hall–Kier alpha value is -1.81. The molecule has 0 radical (unpaired) electrons. The van der Waals surface area contributed by atoms with E-state index in [1.165, 1.54) is 56.2 Å². The molecule has 0 spiro atoms. The molecule has 2 aliphatic carbocycles. The lowest BCUT2D eigenvalue weighted by Gasteiger charge is -2.28. The zero-order valence-electron chi connectivity index (χ0n) is 21.4. The summed E-state index contributed by atoms with van der Waals surface area (Å²) < 4.78 is 49.0. The van der Waals surface area contributed by atoms with Crippen molar-refractivity contribution in [2.24, 2.45) is 11.8 Å². The molecule has 0 amide bonds. The van der Waals surface area contributed by atoms with Crippen LogP contribution >= 0.6 is 0 Å². The quantitative estimate of drug-likeness (QED) is 0.343. The monoisotopic (exact) mass is 486 g/mol. The second-order valence-electron chi connectivity index (χ2n) is 10.8. The van der Waals surface area contributed by atoms with Gasteiger partial charge in [0.05, 0.1) is 12.2 Å². The third-order valence-electron chi connectivity index (χ3n) is 8.75. The summed E-state index contributed by atoms with van der Waals surface area (Å²) in [5.74, 6) is 1.61. The van der Waals surface area contributed by atoms with E-state index >= 15 is 0 Å². The number of hydrogen-bond acceptors (Lipinski definition) is 1. The Morgan fingerprint density at radius 3 is 1.77 bits per heavy atom. The van der Waals surface area contributed by atoms with Gasteiger partial charge in [0, 0.05) is 0 Å². The lowest BCUT2D eigenvalue weighted by molar-refractivity contribution is -0.249. The molecule has 1 nitrogen and oxygen atoms in total. The average Bonchev–Trinajstić information content (AvgIpc) is 2.89. The minimum absolute atomic E-state index is 0.157. The lowest BCUT2D eigenvalue weighted by atomic mass is 9.78. The third-order valence-corrected chi connectivity index (χ3v) is 8.75. The summed E-state index contributed by atoms with van der Waals surface area (Å²) in [5, 5.41) is 0. The zero-order valence-corrected chi connectivity index (χ0v) is 21.4. The minimum Gasteiger partial charge on any atom is -0.316 e. The number of halogens is 3. The second-order valence-corrected chi connectivity index (χ2v) is 10.8. The maximum atomic E-state index is 14.7. The van der Waals surface area contributed by atoms with E-state index in [-0.39, 0.29) is 12.5 Å².